The van der Waals surface area contributed by atoms with Crippen LogP contribution >= 0.6 is 11.8 Å². The van der Waals surface area contributed by atoms with Crippen molar-refractivity contribution in [1.82, 2.24) is 5.43 Å². The highest BCUT2D eigenvalue weighted by Gasteiger charge is 2.18. The predicted octanol–water partition coefficient (Wildman–Crippen LogP) is 2.75. The fourth-order valence-corrected chi connectivity index (χ4v) is 4.00. The molecule has 0 spiro atoms. The lowest BCUT2D eigenvalue weighted by Gasteiger charge is -2.19. The van der Waals surface area contributed by atoms with E-state index in [1.165, 1.54) is 31.2 Å². The van der Waals surface area contributed by atoms with E-state index in [-0.39, 0.29) is 0 Å². The van der Waals surface area contributed by atoms with Crippen molar-refractivity contribution in [2.75, 3.05) is 12.9 Å². The monoisotopic (exact) mass is 280 g/mol. The summed E-state index contributed by atoms with van der Waals surface area (Å²) in [6.07, 6.45) is 6.45. The zero-order valence-electron chi connectivity index (χ0n) is 11.6. The van der Waals surface area contributed by atoms with E-state index < -0.39 is 0 Å². The minimum atomic E-state index is 0.307. The summed E-state index contributed by atoms with van der Waals surface area (Å²) in [5.74, 6) is 7.71. The number of ether oxygens (including phenoxy) is 1. The Morgan fingerprint density at radius 3 is 2.79 bits per heavy atom. The molecule has 0 radical (unpaired) electrons. The third-order valence-electron chi connectivity index (χ3n) is 3.73. The summed E-state index contributed by atoms with van der Waals surface area (Å²) in [7, 11) is 1.72. The van der Waals surface area contributed by atoms with E-state index in [1.54, 1.807) is 7.11 Å². The molecule has 1 aliphatic rings. The van der Waals surface area contributed by atoms with Crippen molar-refractivity contribution in [3.8, 4) is 5.75 Å². The van der Waals surface area contributed by atoms with Crippen molar-refractivity contribution in [1.29, 1.82) is 0 Å². The Hall–Kier alpha value is -0.710. The first-order valence-corrected chi connectivity index (χ1v) is 8.08. The molecule has 3 N–H and O–H groups in total. The van der Waals surface area contributed by atoms with Crippen molar-refractivity contribution in [2.45, 2.75) is 43.4 Å². The summed E-state index contributed by atoms with van der Waals surface area (Å²) >= 11 is 2.07. The van der Waals surface area contributed by atoms with E-state index in [0.29, 0.717) is 6.04 Å². The van der Waals surface area contributed by atoms with Crippen LogP contribution in [0.4, 0.5) is 0 Å². The molecule has 0 bridgehead atoms. The Kier molecular flexibility index (Phi) is 6.01. The number of para-hydroxylation sites is 1. The molecule has 1 unspecified atom stereocenters. The summed E-state index contributed by atoms with van der Waals surface area (Å²) in [6, 6.07) is 8.48. The van der Waals surface area contributed by atoms with E-state index in [4.69, 9.17) is 10.6 Å². The van der Waals surface area contributed by atoms with Gasteiger partial charge in [-0.05, 0) is 30.9 Å². The highest BCUT2D eigenvalue weighted by molar-refractivity contribution is 7.99. The molecule has 1 fully saturated rings. The molecule has 1 aromatic rings. The Labute approximate surface area is 120 Å². The average Bonchev–Trinajstić information content (AvgIpc) is 2.97. The average molecular weight is 280 g/mol. The smallest absolute Gasteiger partial charge is 0.122 e. The van der Waals surface area contributed by atoms with E-state index in [2.05, 4.69) is 29.3 Å². The van der Waals surface area contributed by atoms with E-state index in [1.807, 2.05) is 12.1 Å². The number of methoxy groups -OCH3 is 1. The predicted molar refractivity (Wildman–Crippen MR) is 82.5 cm³/mol. The van der Waals surface area contributed by atoms with Crippen LogP contribution in [-0.2, 0) is 6.42 Å². The molecule has 19 heavy (non-hydrogen) atoms. The van der Waals surface area contributed by atoms with Gasteiger partial charge in [0.05, 0.1) is 7.11 Å². The maximum atomic E-state index is 5.69. The van der Waals surface area contributed by atoms with Crippen molar-refractivity contribution in [2.24, 2.45) is 5.84 Å². The molecule has 0 heterocycles. The number of rotatable bonds is 7. The topological polar surface area (TPSA) is 47.3 Å². The van der Waals surface area contributed by atoms with Gasteiger partial charge in [0.25, 0.3) is 0 Å². The van der Waals surface area contributed by atoms with Gasteiger partial charge >= 0.3 is 0 Å². The molecular formula is C15H24N2OS. The second kappa shape index (κ2) is 7.78. The third kappa shape index (κ3) is 4.41. The number of hydrogen-bond donors (Lipinski definition) is 2. The summed E-state index contributed by atoms with van der Waals surface area (Å²) in [5, 5.41) is 0.841. The van der Waals surface area contributed by atoms with Gasteiger partial charge in [-0.25, -0.2) is 0 Å². The summed E-state index contributed by atoms with van der Waals surface area (Å²) < 4.78 is 5.39. The van der Waals surface area contributed by atoms with Gasteiger partial charge in [0.1, 0.15) is 5.75 Å². The Morgan fingerprint density at radius 1 is 1.37 bits per heavy atom. The van der Waals surface area contributed by atoms with Crippen LogP contribution in [0.15, 0.2) is 24.3 Å². The van der Waals surface area contributed by atoms with Crippen LogP contribution in [0.2, 0.25) is 0 Å². The maximum absolute atomic E-state index is 5.69. The zero-order valence-corrected chi connectivity index (χ0v) is 12.4. The summed E-state index contributed by atoms with van der Waals surface area (Å²) in [5.41, 5.74) is 4.17. The number of nitrogens with one attached hydrogen (secondary N) is 1. The molecule has 0 aliphatic heterocycles. The first-order valence-electron chi connectivity index (χ1n) is 7.03. The quantitative estimate of drug-likeness (QED) is 0.595. The highest BCUT2D eigenvalue weighted by atomic mass is 32.2. The molecular weight excluding hydrogens is 256 g/mol. The molecule has 3 nitrogen and oxygen atoms in total. The highest BCUT2D eigenvalue weighted by Crippen LogP contribution is 2.30. The fourth-order valence-electron chi connectivity index (χ4n) is 2.61. The van der Waals surface area contributed by atoms with Crippen molar-refractivity contribution >= 4 is 11.8 Å². The lowest BCUT2D eigenvalue weighted by Crippen LogP contribution is -2.39. The van der Waals surface area contributed by atoms with Gasteiger partial charge in [-0.3, -0.25) is 11.3 Å². The second-order valence-corrected chi connectivity index (χ2v) is 6.45. The van der Waals surface area contributed by atoms with E-state index in [9.17, 15) is 0 Å². The first kappa shape index (κ1) is 14.7. The van der Waals surface area contributed by atoms with Crippen LogP contribution in [-0.4, -0.2) is 24.2 Å². The Balaban J connectivity index is 1.86. The van der Waals surface area contributed by atoms with Crippen LogP contribution < -0.4 is 16.0 Å². The maximum Gasteiger partial charge on any atom is 0.122 e. The van der Waals surface area contributed by atoms with Gasteiger partial charge in [0.2, 0.25) is 0 Å². The molecule has 0 saturated heterocycles. The van der Waals surface area contributed by atoms with Crippen LogP contribution in [0.1, 0.15) is 31.2 Å². The van der Waals surface area contributed by atoms with Gasteiger partial charge in [-0.1, -0.05) is 31.0 Å². The molecule has 2 rings (SSSR count). The van der Waals surface area contributed by atoms with Crippen molar-refractivity contribution < 1.29 is 4.74 Å². The second-order valence-electron chi connectivity index (χ2n) is 5.12. The molecule has 0 aromatic heterocycles. The molecule has 1 atom stereocenters. The summed E-state index contributed by atoms with van der Waals surface area (Å²) in [6.45, 7) is 0. The lowest BCUT2D eigenvalue weighted by atomic mass is 10.1. The standard InChI is InChI=1S/C15H24N2OS/c1-18-15-9-5-2-6-12(15)10-13(17-16)11-19-14-7-3-4-8-14/h2,5-6,9,13-14,17H,3-4,7-8,10-11,16H2,1H3. The van der Waals surface area contributed by atoms with Crippen molar-refractivity contribution in [3.63, 3.8) is 0 Å². The van der Waals surface area contributed by atoms with Crippen LogP contribution in [0.3, 0.4) is 0 Å². The molecule has 1 aromatic carbocycles. The third-order valence-corrected chi connectivity index (χ3v) is 5.27. The minimum Gasteiger partial charge on any atom is -0.496 e. The molecule has 1 aliphatic carbocycles. The molecule has 0 amide bonds. The normalized spacial score (nSPS) is 17.6. The zero-order chi connectivity index (χ0) is 13.5. The number of nitrogens with two attached hydrogens (primary N) is 1. The largest absolute Gasteiger partial charge is 0.496 e. The number of hydrogen-bond acceptors (Lipinski definition) is 4. The first-order chi connectivity index (χ1) is 9.33. The number of benzene rings is 1. The van der Waals surface area contributed by atoms with E-state index in [0.717, 1.165) is 23.2 Å². The van der Waals surface area contributed by atoms with Crippen LogP contribution in [0.25, 0.3) is 0 Å². The number of thioether (sulfide) groups is 1. The van der Waals surface area contributed by atoms with Crippen LogP contribution in [0.5, 0.6) is 5.75 Å². The molecule has 4 heteroatoms. The van der Waals surface area contributed by atoms with Gasteiger partial charge in [-0.2, -0.15) is 11.8 Å². The van der Waals surface area contributed by atoms with E-state index >= 15 is 0 Å². The van der Waals surface area contributed by atoms with Gasteiger partial charge in [0, 0.05) is 17.0 Å². The summed E-state index contributed by atoms with van der Waals surface area (Å²) in [4.78, 5) is 0. The Morgan fingerprint density at radius 2 is 2.11 bits per heavy atom. The molecule has 1 saturated carbocycles. The SMILES string of the molecule is COc1ccccc1CC(CSC1CCCC1)NN. The van der Waals surface area contributed by atoms with Gasteiger partial charge in [0.15, 0.2) is 0 Å². The van der Waals surface area contributed by atoms with Crippen molar-refractivity contribution in [3.05, 3.63) is 29.8 Å². The van der Waals surface area contributed by atoms with Gasteiger partial charge in [-0.15, -0.1) is 0 Å². The van der Waals surface area contributed by atoms with Crippen LogP contribution in [0, 0.1) is 0 Å². The minimum absolute atomic E-state index is 0.307. The van der Waals surface area contributed by atoms with Gasteiger partial charge < -0.3 is 4.74 Å². The molecule has 106 valence electrons. The number of hydrazine groups is 1. The lowest BCUT2D eigenvalue weighted by molar-refractivity contribution is 0.406. The fraction of sp³-hybridized carbons (Fsp3) is 0.600. The Bertz CT molecular complexity index is 380.